The molecule has 1 aromatic heterocycles. The largest absolute Gasteiger partial charge is 0.323 e. The van der Waals surface area contributed by atoms with Gasteiger partial charge in [-0.15, -0.1) is 11.6 Å². The second-order valence-electron chi connectivity index (χ2n) is 5.17. The number of aromatic nitrogens is 2. The highest BCUT2D eigenvalue weighted by Gasteiger charge is 2.11. The summed E-state index contributed by atoms with van der Waals surface area (Å²) >= 11 is 9.43. The van der Waals surface area contributed by atoms with Gasteiger partial charge in [-0.25, -0.2) is 4.98 Å². The molecule has 4 heteroatoms. The third-order valence-electron chi connectivity index (χ3n) is 3.57. The van der Waals surface area contributed by atoms with E-state index in [1.54, 1.807) is 0 Å². The molecule has 0 saturated carbocycles. The van der Waals surface area contributed by atoms with Crippen molar-refractivity contribution in [3.63, 3.8) is 0 Å². The molecule has 1 heterocycles. The van der Waals surface area contributed by atoms with E-state index >= 15 is 0 Å². The van der Waals surface area contributed by atoms with Gasteiger partial charge >= 0.3 is 0 Å². The third-order valence-corrected chi connectivity index (χ3v) is 4.25. The fourth-order valence-corrected chi connectivity index (χ4v) is 3.00. The second kappa shape index (κ2) is 6.20. The van der Waals surface area contributed by atoms with Crippen molar-refractivity contribution in [1.82, 2.24) is 9.55 Å². The summed E-state index contributed by atoms with van der Waals surface area (Å²) in [4.78, 5) is 4.73. The minimum absolute atomic E-state index is 0.582. The second-order valence-corrected chi connectivity index (χ2v) is 6.47. The smallest absolute Gasteiger partial charge is 0.111 e. The van der Waals surface area contributed by atoms with E-state index in [1.165, 1.54) is 11.1 Å². The van der Waals surface area contributed by atoms with Gasteiger partial charge in [-0.05, 0) is 30.7 Å². The van der Waals surface area contributed by atoms with Gasteiger partial charge in [0.2, 0.25) is 0 Å². The van der Waals surface area contributed by atoms with Gasteiger partial charge in [0.1, 0.15) is 5.82 Å². The van der Waals surface area contributed by atoms with Crippen LogP contribution in [0.5, 0.6) is 0 Å². The van der Waals surface area contributed by atoms with Crippen molar-refractivity contribution in [2.75, 3.05) is 5.88 Å². The number of hydrogen-bond acceptors (Lipinski definition) is 1. The minimum atomic E-state index is 0.582. The van der Waals surface area contributed by atoms with Crippen molar-refractivity contribution in [2.45, 2.75) is 19.9 Å². The Kier molecular flexibility index (Phi) is 4.32. The van der Waals surface area contributed by atoms with E-state index < -0.39 is 0 Å². The highest BCUT2D eigenvalue weighted by molar-refractivity contribution is 9.10. The number of halogens is 2. The molecule has 0 fully saturated rings. The van der Waals surface area contributed by atoms with Gasteiger partial charge < -0.3 is 4.57 Å². The van der Waals surface area contributed by atoms with Crippen LogP contribution in [0.3, 0.4) is 0 Å². The predicted molar refractivity (Wildman–Crippen MR) is 92.1 cm³/mol. The zero-order chi connectivity index (χ0) is 14.8. The normalized spacial score (nSPS) is 11.2. The molecule has 0 bridgehead atoms. The van der Waals surface area contributed by atoms with Gasteiger partial charge in [0, 0.05) is 23.3 Å². The zero-order valence-electron chi connectivity index (χ0n) is 11.8. The van der Waals surface area contributed by atoms with E-state index in [1.807, 2.05) is 0 Å². The van der Waals surface area contributed by atoms with Crippen molar-refractivity contribution in [1.29, 1.82) is 0 Å². The maximum Gasteiger partial charge on any atom is 0.111 e. The molecular weight excluding hydrogens is 348 g/mol. The van der Waals surface area contributed by atoms with E-state index in [0.717, 1.165) is 34.3 Å². The fraction of sp³-hybridized carbons (Fsp3) is 0.235. The molecule has 0 radical (unpaired) electrons. The Morgan fingerprint density at radius 2 is 1.90 bits per heavy atom. The van der Waals surface area contributed by atoms with Crippen LogP contribution in [-0.4, -0.2) is 15.4 Å². The molecule has 21 heavy (non-hydrogen) atoms. The van der Waals surface area contributed by atoms with E-state index in [0.29, 0.717) is 5.88 Å². The summed E-state index contributed by atoms with van der Waals surface area (Å²) in [5.74, 6) is 1.62. The molecular formula is C17H16BrClN2. The summed E-state index contributed by atoms with van der Waals surface area (Å²) in [6, 6.07) is 14.9. The van der Waals surface area contributed by atoms with Gasteiger partial charge in [0.15, 0.2) is 0 Å². The van der Waals surface area contributed by atoms with E-state index in [-0.39, 0.29) is 0 Å². The summed E-state index contributed by atoms with van der Waals surface area (Å²) in [6.45, 7) is 2.93. The van der Waals surface area contributed by atoms with Crippen LogP contribution in [0.4, 0.5) is 0 Å². The van der Waals surface area contributed by atoms with Crippen LogP contribution in [0, 0.1) is 6.92 Å². The molecule has 108 valence electrons. The first-order chi connectivity index (χ1) is 10.2. The highest BCUT2D eigenvalue weighted by atomic mass is 79.9. The number of benzene rings is 2. The first-order valence-corrected chi connectivity index (χ1v) is 8.26. The Morgan fingerprint density at radius 1 is 1.14 bits per heavy atom. The third kappa shape index (κ3) is 3.14. The number of alkyl halides is 1. The van der Waals surface area contributed by atoms with Crippen molar-refractivity contribution in [3.8, 4) is 0 Å². The number of aryl methyl sites for hydroxylation is 2. The minimum Gasteiger partial charge on any atom is -0.323 e. The SMILES string of the molecule is Cc1ccc(Cn2c(CCCl)nc3cc(Br)ccc32)cc1. The quantitative estimate of drug-likeness (QED) is 0.601. The van der Waals surface area contributed by atoms with Gasteiger partial charge in [-0.3, -0.25) is 0 Å². The zero-order valence-corrected chi connectivity index (χ0v) is 14.2. The number of nitrogens with zero attached hydrogens (tertiary/aromatic N) is 2. The predicted octanol–water partition coefficient (Wildman–Crippen LogP) is 4.94. The molecule has 0 atom stereocenters. The fourth-order valence-electron chi connectivity index (χ4n) is 2.48. The molecule has 2 nitrogen and oxygen atoms in total. The molecule has 0 unspecified atom stereocenters. The van der Waals surface area contributed by atoms with Crippen molar-refractivity contribution < 1.29 is 0 Å². The van der Waals surface area contributed by atoms with Crippen LogP contribution in [0.25, 0.3) is 11.0 Å². The maximum atomic E-state index is 5.93. The Bertz CT molecular complexity index is 762. The van der Waals surface area contributed by atoms with Crippen LogP contribution >= 0.6 is 27.5 Å². The molecule has 0 saturated heterocycles. The first-order valence-electron chi connectivity index (χ1n) is 6.93. The van der Waals surface area contributed by atoms with Crippen LogP contribution in [0.2, 0.25) is 0 Å². The Labute approximate surface area is 137 Å². The molecule has 3 rings (SSSR count). The summed E-state index contributed by atoms with van der Waals surface area (Å²) in [5, 5.41) is 0. The molecule has 0 N–H and O–H groups in total. The molecule has 0 spiro atoms. The molecule has 0 aliphatic carbocycles. The van der Waals surface area contributed by atoms with Crippen LogP contribution in [0.15, 0.2) is 46.9 Å². The molecule has 3 aromatic rings. The topological polar surface area (TPSA) is 17.8 Å². The number of imidazole rings is 1. The van der Waals surface area contributed by atoms with E-state index in [9.17, 15) is 0 Å². The van der Waals surface area contributed by atoms with Gasteiger partial charge in [-0.1, -0.05) is 45.8 Å². The van der Waals surface area contributed by atoms with E-state index in [2.05, 4.69) is 69.9 Å². The van der Waals surface area contributed by atoms with Crippen molar-refractivity contribution >= 4 is 38.6 Å². The monoisotopic (exact) mass is 362 g/mol. The number of fused-ring (bicyclic) bond motifs is 1. The van der Waals surface area contributed by atoms with Crippen LogP contribution < -0.4 is 0 Å². The van der Waals surface area contributed by atoms with Crippen molar-refractivity contribution in [3.05, 3.63) is 63.9 Å². The van der Waals surface area contributed by atoms with Gasteiger partial charge in [-0.2, -0.15) is 0 Å². The van der Waals surface area contributed by atoms with Gasteiger partial charge in [0.25, 0.3) is 0 Å². The Morgan fingerprint density at radius 3 is 2.62 bits per heavy atom. The number of hydrogen-bond donors (Lipinski definition) is 0. The lowest BCUT2D eigenvalue weighted by atomic mass is 10.1. The summed E-state index contributed by atoms with van der Waals surface area (Å²) in [6.07, 6.45) is 0.777. The average Bonchev–Trinajstić information content (AvgIpc) is 2.79. The molecule has 0 amide bonds. The Balaban J connectivity index is 2.06. The average molecular weight is 364 g/mol. The molecule has 0 aliphatic rings. The molecule has 0 aliphatic heterocycles. The Hall–Kier alpha value is -1.32. The first kappa shape index (κ1) is 14.6. The molecule has 2 aromatic carbocycles. The lowest BCUT2D eigenvalue weighted by Crippen LogP contribution is -2.06. The van der Waals surface area contributed by atoms with Crippen molar-refractivity contribution in [2.24, 2.45) is 0 Å². The summed E-state index contributed by atoms with van der Waals surface area (Å²) in [5.41, 5.74) is 4.72. The summed E-state index contributed by atoms with van der Waals surface area (Å²) in [7, 11) is 0. The lowest BCUT2D eigenvalue weighted by Gasteiger charge is -2.09. The summed E-state index contributed by atoms with van der Waals surface area (Å²) < 4.78 is 3.31. The number of rotatable bonds is 4. The lowest BCUT2D eigenvalue weighted by molar-refractivity contribution is 0.754. The van der Waals surface area contributed by atoms with Crippen LogP contribution in [-0.2, 0) is 13.0 Å². The maximum absolute atomic E-state index is 5.93. The standard InChI is InChI=1S/C17H16BrClN2/c1-12-2-4-13(5-3-12)11-21-16-7-6-14(18)10-15(16)20-17(21)8-9-19/h2-7,10H,8-9,11H2,1H3. The van der Waals surface area contributed by atoms with Gasteiger partial charge in [0.05, 0.1) is 11.0 Å². The van der Waals surface area contributed by atoms with E-state index in [4.69, 9.17) is 16.6 Å². The van der Waals surface area contributed by atoms with Crippen LogP contribution in [0.1, 0.15) is 17.0 Å². The highest BCUT2D eigenvalue weighted by Crippen LogP contribution is 2.22.